The molecule has 180 valence electrons. The number of ether oxygens (including phenoxy) is 2. The molecule has 10 heteroatoms. The van der Waals surface area contributed by atoms with E-state index in [2.05, 4.69) is 0 Å². The van der Waals surface area contributed by atoms with Gasteiger partial charge in [0.2, 0.25) is 10.0 Å². The van der Waals surface area contributed by atoms with Crippen molar-refractivity contribution < 1.29 is 35.9 Å². The molecule has 0 atom stereocenters. The number of nitrogens with zero attached hydrogens (tertiary/aromatic N) is 1. The zero-order valence-electron chi connectivity index (χ0n) is 18.2. The number of alkyl halides is 3. The second-order valence-electron chi connectivity index (χ2n) is 7.69. The lowest BCUT2D eigenvalue weighted by Crippen LogP contribution is -2.41. The molecule has 2 aromatic rings. The van der Waals surface area contributed by atoms with Crippen molar-refractivity contribution in [3.8, 4) is 5.75 Å². The summed E-state index contributed by atoms with van der Waals surface area (Å²) < 4.78 is 77.2. The molecule has 0 radical (unpaired) electrons. The molecular weight excluding hydrogens is 459 g/mol. The first kappa shape index (κ1) is 25.0. The van der Waals surface area contributed by atoms with E-state index in [-0.39, 0.29) is 39.1 Å². The number of hydrogen-bond donors (Lipinski definition) is 0. The Balaban J connectivity index is 1.50. The third-order valence-corrected chi connectivity index (χ3v) is 7.46. The maximum absolute atomic E-state index is 13.3. The van der Waals surface area contributed by atoms with Crippen molar-refractivity contribution in [3.63, 3.8) is 0 Å². The van der Waals surface area contributed by atoms with E-state index in [4.69, 9.17) is 9.47 Å². The van der Waals surface area contributed by atoms with Crippen LogP contribution in [0.1, 0.15) is 30.9 Å². The predicted molar refractivity (Wildman–Crippen MR) is 115 cm³/mol. The summed E-state index contributed by atoms with van der Waals surface area (Å²) in [5, 5.41) is 0. The summed E-state index contributed by atoms with van der Waals surface area (Å²) in [6.45, 7) is 2.14. The van der Waals surface area contributed by atoms with E-state index < -0.39 is 38.5 Å². The first-order valence-electron chi connectivity index (χ1n) is 10.7. The van der Waals surface area contributed by atoms with Gasteiger partial charge in [-0.25, -0.2) is 8.42 Å². The van der Waals surface area contributed by atoms with Crippen LogP contribution in [0.5, 0.6) is 5.75 Å². The van der Waals surface area contributed by atoms with Gasteiger partial charge < -0.3 is 9.47 Å². The van der Waals surface area contributed by atoms with Gasteiger partial charge in [-0.1, -0.05) is 31.2 Å². The standard InChI is InChI=1S/C23H26F3NO5S/c1-2-17-6-5-7-19(16-17)31-14-15-32-22(28)18-10-12-27(13-11-18)33(29,30)21-9-4-3-8-20(21)23(24,25)26/h3-9,16,18H,2,10-15H2,1H3. The van der Waals surface area contributed by atoms with Crippen LogP contribution in [0.4, 0.5) is 13.2 Å². The quantitative estimate of drug-likeness (QED) is 0.412. The molecule has 0 N–H and O–H groups in total. The van der Waals surface area contributed by atoms with Gasteiger partial charge >= 0.3 is 12.1 Å². The highest BCUT2D eigenvalue weighted by Gasteiger charge is 2.40. The molecule has 0 unspecified atom stereocenters. The fourth-order valence-electron chi connectivity index (χ4n) is 3.67. The fourth-order valence-corrected chi connectivity index (χ4v) is 5.35. The monoisotopic (exact) mass is 485 g/mol. The summed E-state index contributed by atoms with van der Waals surface area (Å²) in [6.07, 6.45) is -3.56. The van der Waals surface area contributed by atoms with E-state index in [0.717, 1.165) is 34.5 Å². The fraction of sp³-hybridized carbons (Fsp3) is 0.435. The summed E-state index contributed by atoms with van der Waals surface area (Å²) in [6, 6.07) is 11.7. The molecule has 1 saturated heterocycles. The van der Waals surface area contributed by atoms with Crippen molar-refractivity contribution in [2.75, 3.05) is 26.3 Å². The highest BCUT2D eigenvalue weighted by Crippen LogP contribution is 2.36. The van der Waals surface area contributed by atoms with Crippen LogP contribution in [-0.4, -0.2) is 45.0 Å². The molecule has 3 rings (SSSR count). The Labute approximate surface area is 191 Å². The number of esters is 1. The third kappa shape index (κ3) is 6.26. The minimum atomic E-state index is -4.79. The van der Waals surface area contributed by atoms with Crippen molar-refractivity contribution in [1.82, 2.24) is 4.31 Å². The number of rotatable bonds is 8. The lowest BCUT2D eigenvalue weighted by molar-refractivity contribution is -0.150. The molecular formula is C23H26F3NO5S. The number of hydrogen-bond acceptors (Lipinski definition) is 5. The second-order valence-corrected chi connectivity index (χ2v) is 9.60. The van der Waals surface area contributed by atoms with Gasteiger partial charge in [0.15, 0.2) is 0 Å². The average Bonchev–Trinajstić information content (AvgIpc) is 2.81. The molecule has 1 aliphatic rings. The van der Waals surface area contributed by atoms with Gasteiger partial charge in [-0.3, -0.25) is 4.79 Å². The number of sulfonamides is 1. The number of piperidine rings is 1. The van der Waals surface area contributed by atoms with Crippen LogP contribution in [0, 0.1) is 5.92 Å². The molecule has 0 aromatic heterocycles. The number of halogens is 3. The number of carbonyl (C=O) groups is 1. The zero-order chi connectivity index (χ0) is 24.1. The topological polar surface area (TPSA) is 72.9 Å². The van der Waals surface area contributed by atoms with E-state index in [1.54, 1.807) is 0 Å². The van der Waals surface area contributed by atoms with Crippen molar-refractivity contribution in [2.45, 2.75) is 37.3 Å². The molecule has 0 spiro atoms. The first-order valence-corrected chi connectivity index (χ1v) is 12.1. The minimum absolute atomic E-state index is 0.0483. The predicted octanol–water partition coefficient (Wildman–Crippen LogP) is 4.29. The maximum atomic E-state index is 13.3. The summed E-state index contributed by atoms with van der Waals surface area (Å²) in [4.78, 5) is 11.6. The van der Waals surface area contributed by atoms with Gasteiger partial charge in [0.05, 0.1) is 16.4 Å². The largest absolute Gasteiger partial charge is 0.490 e. The Kier molecular flexibility index (Phi) is 8.01. The Morgan fingerprint density at radius 3 is 2.42 bits per heavy atom. The van der Waals surface area contributed by atoms with Crippen LogP contribution < -0.4 is 4.74 Å². The van der Waals surface area contributed by atoms with Crippen LogP contribution in [-0.2, 0) is 32.2 Å². The number of aryl methyl sites for hydroxylation is 1. The normalized spacial score (nSPS) is 15.9. The van der Waals surface area contributed by atoms with Gasteiger partial charge in [0.25, 0.3) is 0 Å². The number of benzene rings is 2. The molecule has 6 nitrogen and oxygen atoms in total. The van der Waals surface area contributed by atoms with Gasteiger partial charge in [0.1, 0.15) is 19.0 Å². The van der Waals surface area contributed by atoms with Crippen LogP contribution in [0.2, 0.25) is 0 Å². The highest BCUT2D eigenvalue weighted by atomic mass is 32.2. The molecule has 0 amide bonds. The molecule has 1 heterocycles. The Morgan fingerprint density at radius 1 is 1.06 bits per heavy atom. The Bertz CT molecular complexity index is 1060. The first-order chi connectivity index (χ1) is 15.6. The average molecular weight is 486 g/mol. The molecule has 2 aromatic carbocycles. The molecule has 0 bridgehead atoms. The molecule has 33 heavy (non-hydrogen) atoms. The van der Waals surface area contributed by atoms with Gasteiger partial charge in [-0.15, -0.1) is 0 Å². The van der Waals surface area contributed by atoms with E-state index in [0.29, 0.717) is 5.75 Å². The van der Waals surface area contributed by atoms with E-state index in [1.165, 1.54) is 6.07 Å². The summed E-state index contributed by atoms with van der Waals surface area (Å²) in [5.41, 5.74) is -0.0694. The van der Waals surface area contributed by atoms with Crippen molar-refractivity contribution in [2.24, 2.45) is 5.92 Å². The zero-order valence-corrected chi connectivity index (χ0v) is 19.0. The molecule has 1 fully saturated rings. The lowest BCUT2D eigenvalue weighted by Gasteiger charge is -2.30. The van der Waals surface area contributed by atoms with E-state index in [1.807, 2.05) is 31.2 Å². The Hall–Kier alpha value is -2.59. The minimum Gasteiger partial charge on any atom is -0.490 e. The Morgan fingerprint density at radius 2 is 1.76 bits per heavy atom. The smallest absolute Gasteiger partial charge is 0.417 e. The highest BCUT2D eigenvalue weighted by molar-refractivity contribution is 7.89. The van der Waals surface area contributed by atoms with Crippen LogP contribution in [0.25, 0.3) is 0 Å². The molecule has 0 aliphatic carbocycles. The van der Waals surface area contributed by atoms with E-state index in [9.17, 15) is 26.4 Å². The number of carbonyl (C=O) groups excluding carboxylic acids is 1. The molecule has 0 saturated carbocycles. The second kappa shape index (κ2) is 10.6. The summed E-state index contributed by atoms with van der Waals surface area (Å²) in [7, 11) is -4.34. The van der Waals surface area contributed by atoms with Gasteiger partial charge in [-0.2, -0.15) is 17.5 Å². The van der Waals surface area contributed by atoms with Crippen LogP contribution >= 0.6 is 0 Å². The van der Waals surface area contributed by atoms with Gasteiger partial charge in [0, 0.05) is 13.1 Å². The summed E-state index contributed by atoms with van der Waals surface area (Å²) >= 11 is 0. The van der Waals surface area contributed by atoms with Gasteiger partial charge in [-0.05, 0) is 49.1 Å². The SMILES string of the molecule is CCc1cccc(OCCOC(=O)C2CCN(S(=O)(=O)c3ccccc3C(F)(F)F)CC2)c1. The van der Waals surface area contributed by atoms with E-state index >= 15 is 0 Å². The summed E-state index contributed by atoms with van der Waals surface area (Å²) in [5.74, 6) is -0.297. The van der Waals surface area contributed by atoms with Crippen molar-refractivity contribution in [1.29, 1.82) is 0 Å². The van der Waals surface area contributed by atoms with Crippen LogP contribution in [0.3, 0.4) is 0 Å². The molecule has 1 aliphatic heterocycles. The third-order valence-electron chi connectivity index (χ3n) is 5.50. The van der Waals surface area contributed by atoms with Crippen molar-refractivity contribution in [3.05, 3.63) is 59.7 Å². The lowest BCUT2D eigenvalue weighted by atomic mass is 9.98. The van der Waals surface area contributed by atoms with Crippen LogP contribution in [0.15, 0.2) is 53.4 Å². The maximum Gasteiger partial charge on any atom is 0.417 e. The van der Waals surface area contributed by atoms with Crippen molar-refractivity contribution >= 4 is 16.0 Å².